The zero-order chi connectivity index (χ0) is 99.3. The third-order valence-electron chi connectivity index (χ3n) is 23.9. The van der Waals surface area contributed by atoms with Crippen molar-refractivity contribution in [3.8, 4) is 80.1 Å². The van der Waals surface area contributed by atoms with Crippen LogP contribution in [-0.4, -0.2) is 327 Å². The molecule has 0 aliphatic carbocycles. The van der Waals surface area contributed by atoms with E-state index in [2.05, 4.69) is 43.8 Å². The summed E-state index contributed by atoms with van der Waals surface area (Å²) in [7, 11) is 3.50. The topological polar surface area (TPSA) is 689 Å². The van der Waals surface area contributed by atoms with E-state index in [4.69, 9.17) is 86.5 Å². The van der Waals surface area contributed by atoms with Gasteiger partial charge in [0.25, 0.3) is 0 Å². The van der Waals surface area contributed by atoms with Crippen LogP contribution in [0.5, 0.6) is 69.0 Å². The molecule has 0 radical (unpaired) electrons. The second kappa shape index (κ2) is 43.9. The van der Waals surface area contributed by atoms with Gasteiger partial charge in [0.15, 0.2) is 71.3 Å². The molecule has 9 aliphatic heterocycles. The molecule has 2 unspecified atom stereocenters. The molecule has 17 bridgehead atoms. The second-order valence-electron chi connectivity index (χ2n) is 34.8. The van der Waals surface area contributed by atoms with E-state index < -0.39 is 304 Å². The predicted molar refractivity (Wildman–Crippen MR) is 499 cm³/mol. The number of aliphatic hydroxyl groups is 19. The fourth-order valence-electron chi connectivity index (χ4n) is 16.7. The Balaban J connectivity index is 1.10. The molecule has 43 nitrogen and oxygen atoms in total. The number of aliphatic imine (C=N–C) groups is 9. The Hall–Kier alpha value is -12.1. The van der Waals surface area contributed by atoms with Crippen LogP contribution in [0.3, 0.4) is 0 Å². The number of fused-ring (bicyclic) bond motifs is 12. The lowest BCUT2D eigenvalue weighted by Gasteiger charge is -2.42. The van der Waals surface area contributed by atoms with Gasteiger partial charge < -0.3 is 171 Å². The Morgan fingerprint density at radius 1 is 0.500 bits per heavy atom. The van der Waals surface area contributed by atoms with Gasteiger partial charge in [-0.2, -0.15) is 0 Å². The summed E-state index contributed by atoms with van der Waals surface area (Å²) in [6.07, 6.45) is -24.9. The quantitative estimate of drug-likeness (QED) is 0.0162. The van der Waals surface area contributed by atoms with Crippen molar-refractivity contribution in [1.29, 1.82) is 0 Å². The molecule has 7 aromatic rings. The Morgan fingerprint density at radius 3 is 1.70 bits per heavy atom. The summed E-state index contributed by atoms with van der Waals surface area (Å²) in [4.78, 5) is 42.8. The predicted octanol–water partition coefficient (Wildman–Crippen LogP) is 8.57. The molecule has 0 amide bonds. The van der Waals surface area contributed by atoms with Gasteiger partial charge in [0, 0.05) is 55.1 Å². The SMILES string of the molecule is CC(O)=N[C@H]1[C@H](O[C@@H]2c3ccc(c(Cl)c3)Oc3cc4cc(c3O[C@@H]3O[C@H](CO)[C@@H](O)[C@H](O)[C@H]3N=C(O)CCCCCCC(C)C)Oc3ccc(cc3Cl)C[C@H]3N=C(O)[C@H](N)c5ccc(O)c(c5)Oc5cc(O)cc(c5)C(N=C3O)C(O)=N[C@H]4C(O)=N[C@H]3C(O)=N[C@@H]2C(O)=NC(C(O)=NCCCN(C)C)c2cc(O)cc(O[C@H]4O[C@H](CO)[C@@H](O)[C@H](O)[C@@H]4O)c2-c2cc3ccc2O)O[C@H](CO)[C@@H](O)[C@@H]1O. The van der Waals surface area contributed by atoms with Gasteiger partial charge >= 0.3 is 0 Å². The van der Waals surface area contributed by atoms with Crippen molar-refractivity contribution in [2.24, 2.45) is 56.6 Å². The number of nitrogens with two attached hydrogens (primary N) is 1. The number of unbranched alkanes of at least 4 members (excludes halogenated alkanes) is 3. The molecule has 0 saturated carbocycles. The van der Waals surface area contributed by atoms with Crippen molar-refractivity contribution in [3.63, 3.8) is 0 Å². The largest absolute Gasteiger partial charge is 0.508 e. The van der Waals surface area contributed by atoms with Gasteiger partial charge in [-0.05, 0) is 152 Å². The van der Waals surface area contributed by atoms with Crippen molar-refractivity contribution in [1.82, 2.24) is 4.90 Å². The maximum Gasteiger partial charge on any atom is 0.229 e. The lowest BCUT2D eigenvalue weighted by molar-refractivity contribution is -0.279. The number of benzene rings is 7. The maximum absolute atomic E-state index is 14.0. The summed E-state index contributed by atoms with van der Waals surface area (Å²) in [5, 5.41) is 276. The molecule has 7 aromatic carbocycles. The third-order valence-corrected chi connectivity index (χ3v) is 24.5. The smallest absolute Gasteiger partial charge is 0.229 e. The van der Waals surface area contributed by atoms with Crippen molar-refractivity contribution in [3.05, 3.63) is 164 Å². The monoisotopic (exact) mass is 1960 g/mol. The Bertz CT molecular complexity index is 5860. The molecule has 0 spiro atoms. The molecular formula is C93H109Cl2N11O32. The number of phenols is 4. The van der Waals surface area contributed by atoms with Crippen LogP contribution in [0.1, 0.15) is 141 Å². The zero-order valence-corrected chi connectivity index (χ0v) is 76.3. The lowest BCUT2D eigenvalue weighted by Crippen LogP contribution is -2.60. The summed E-state index contributed by atoms with van der Waals surface area (Å²) < 4.78 is 58.5. The number of hydrogen-bond acceptors (Lipinski definition) is 34. The van der Waals surface area contributed by atoms with Gasteiger partial charge in [0.2, 0.25) is 59.6 Å². The summed E-state index contributed by atoms with van der Waals surface area (Å²) in [6, 6.07) is 2.72. The average Bonchev–Trinajstić information content (AvgIpc) is 0.752. The summed E-state index contributed by atoms with van der Waals surface area (Å²) in [6.45, 7) is 2.33. The molecular weight excluding hydrogens is 1850 g/mol. The minimum absolute atomic E-state index is 0.0690. The van der Waals surface area contributed by atoms with Gasteiger partial charge in [-0.25, -0.2) is 39.9 Å². The summed E-state index contributed by atoms with van der Waals surface area (Å²) >= 11 is 14.9. The van der Waals surface area contributed by atoms with E-state index in [1.807, 2.05) is 0 Å². The van der Waals surface area contributed by atoms with Crippen LogP contribution in [0.25, 0.3) is 11.1 Å². The van der Waals surface area contributed by atoms with E-state index in [-0.39, 0.29) is 63.9 Å². The Kier molecular flexibility index (Phi) is 32.4. The highest BCUT2D eigenvalue weighted by Gasteiger charge is 2.51. The molecule has 9 heterocycles. The maximum atomic E-state index is 14.0. The van der Waals surface area contributed by atoms with Crippen molar-refractivity contribution in [2.45, 2.75) is 213 Å². The molecule has 23 atom stereocenters. The number of phenolic OH excluding ortho intramolecular Hbond substituents is 4. The minimum atomic E-state index is -2.50. The highest BCUT2D eigenvalue weighted by molar-refractivity contribution is 6.32. The van der Waals surface area contributed by atoms with Crippen LogP contribution in [0.15, 0.2) is 160 Å². The van der Waals surface area contributed by atoms with Crippen molar-refractivity contribution < 1.29 is 160 Å². The molecule has 138 heavy (non-hydrogen) atoms. The van der Waals surface area contributed by atoms with Gasteiger partial charge in [-0.1, -0.05) is 87.0 Å². The lowest BCUT2D eigenvalue weighted by atomic mass is 9.90. The minimum Gasteiger partial charge on any atom is -0.508 e. The first-order chi connectivity index (χ1) is 65.8. The standard InChI is InChI=1S/C93H109Cl2N11O32/c1-38(2)11-8-6-7-9-12-65(115)100-73-79(120)76(117)63(36-108)135-92(73)138-83-60-30-45-31-61(83)132-57-20-16-43(28-52(57)95)82(137-91-72(98-39(3)110)78(119)75(116)62(35-107)134-91)74-90(129)104-71(86(125)97-21-10-22-106(4)5)50-33-47(112)34-59(133-93-81(122)80(121)77(118)64(37-109)136-93)66(50)49-27-42(15-17-54(49)113)68(87(126)105-74)102-89(128)70(45)103-88(127)69-44-25-46(111)32-48(26-44)130-58-29-41(14-18-55(58)114)67(96)85(124)99-53(84(123)101-69)24-40-13-19-56(131-60)51(94)23-40/h13-20,23,25-34,38,53,62-64,67-82,91-93,107-109,111-114,116-122H,6-12,21-22,24,35-37,96H2,1-5H3,(H,97,125)(H,98,110)(H,99,124)(H,100,115)(H,101,123)(H,102,128)(H,103,127)(H,104,129)(H,105,126)/t53-,62-,63-,64-,67-,68-,69?,70-,71?,72-,73-,74+,75-,76-,77-,78-,79-,80+,81+,82-,91+,92+,93+/m1/s1. The first-order valence-electron chi connectivity index (χ1n) is 44.2. The van der Waals surface area contributed by atoms with E-state index in [0.29, 0.717) is 25.3 Å². The van der Waals surface area contributed by atoms with E-state index in [1.54, 1.807) is 19.0 Å². The fraction of sp³-hybridized carbons (Fsp3) is 0.452. The number of ether oxygens (including phenoxy) is 9. The molecule has 3 saturated heterocycles. The average molecular weight is 1960 g/mol. The summed E-state index contributed by atoms with van der Waals surface area (Å²) in [5.74, 6) is -15.9. The highest BCUT2D eigenvalue weighted by Crippen LogP contribution is 2.52. The van der Waals surface area contributed by atoms with E-state index in [1.165, 1.54) is 48.5 Å². The number of rotatable bonds is 23. The molecule has 16 rings (SSSR count). The van der Waals surface area contributed by atoms with Crippen LogP contribution in [0.4, 0.5) is 0 Å². The fourth-order valence-corrected chi connectivity index (χ4v) is 17.2. The van der Waals surface area contributed by atoms with E-state index >= 15 is 0 Å². The van der Waals surface area contributed by atoms with Crippen LogP contribution >= 0.6 is 23.2 Å². The number of hydrogen-bond donors (Lipinski definition) is 24. The molecule has 742 valence electrons. The third kappa shape index (κ3) is 22.9. The van der Waals surface area contributed by atoms with Crippen LogP contribution in [0.2, 0.25) is 10.0 Å². The molecule has 3 fully saturated rings. The molecule has 9 aliphatic rings. The highest BCUT2D eigenvalue weighted by atomic mass is 35.5. The first-order valence-corrected chi connectivity index (χ1v) is 45.0. The van der Waals surface area contributed by atoms with Crippen molar-refractivity contribution in [2.75, 3.05) is 47.0 Å². The van der Waals surface area contributed by atoms with Gasteiger partial charge in [-0.3, -0.25) is 4.99 Å². The first kappa shape index (κ1) is 102. The van der Waals surface area contributed by atoms with Crippen LogP contribution in [0, 0.1) is 5.92 Å². The Labute approximate surface area is 797 Å². The second-order valence-corrected chi connectivity index (χ2v) is 35.6. The van der Waals surface area contributed by atoms with Crippen molar-refractivity contribution >= 4 is 76.3 Å². The molecule has 25 N–H and O–H groups in total. The molecule has 45 heteroatoms. The van der Waals surface area contributed by atoms with E-state index in [9.17, 15) is 117 Å². The van der Waals surface area contributed by atoms with Gasteiger partial charge in [-0.15, -0.1) is 0 Å². The summed E-state index contributed by atoms with van der Waals surface area (Å²) in [5.41, 5.74) is 3.83. The van der Waals surface area contributed by atoms with Crippen LogP contribution < -0.4 is 29.4 Å². The number of halogens is 2. The molecule has 0 aromatic heterocycles. The Morgan fingerprint density at radius 2 is 1.07 bits per heavy atom. The number of nitrogens with zero attached hydrogens (tertiary/aromatic N) is 10. The van der Waals surface area contributed by atoms with Gasteiger partial charge in [0.05, 0.1) is 29.9 Å². The van der Waals surface area contributed by atoms with Gasteiger partial charge in [0.1, 0.15) is 132 Å². The van der Waals surface area contributed by atoms with E-state index in [0.717, 1.165) is 92.9 Å². The number of aromatic hydroxyl groups is 4. The number of aliphatic hydroxyl groups excluding tert-OH is 19. The zero-order valence-electron chi connectivity index (χ0n) is 74.8. The van der Waals surface area contributed by atoms with Crippen LogP contribution in [-0.2, 0) is 25.4 Å². The normalized spacial score (nSPS) is 28.8.